The second-order valence-corrected chi connectivity index (χ2v) is 4.92. The Morgan fingerprint density at radius 2 is 2.05 bits per heavy atom. The average Bonchev–Trinajstić information content (AvgIpc) is 3.17. The van der Waals surface area contributed by atoms with Crippen LogP contribution < -0.4 is 5.32 Å². The fourth-order valence-electron chi connectivity index (χ4n) is 2.30. The normalized spacial score (nSPS) is 10.7. The number of para-hydroxylation sites is 1. The first-order chi connectivity index (χ1) is 10.4. The van der Waals surface area contributed by atoms with Crippen LogP contribution in [0, 0.1) is 0 Å². The lowest BCUT2D eigenvalue weighted by atomic mass is 10.2. The van der Waals surface area contributed by atoms with Gasteiger partial charge < -0.3 is 5.32 Å². The second-order valence-electron chi connectivity index (χ2n) is 4.92. The van der Waals surface area contributed by atoms with Gasteiger partial charge in [0.1, 0.15) is 0 Å². The molecule has 0 fully saturated rings. The fraction of sp³-hybridized carbons (Fsp3) is 0.250. The number of nitrogens with zero attached hydrogens (tertiary/aromatic N) is 4. The van der Waals surface area contributed by atoms with E-state index in [4.69, 9.17) is 0 Å². The van der Waals surface area contributed by atoms with Crippen molar-refractivity contribution in [1.82, 2.24) is 19.6 Å². The summed E-state index contributed by atoms with van der Waals surface area (Å²) >= 11 is 0. The maximum Gasteiger partial charge on any atom is 0.0729 e. The summed E-state index contributed by atoms with van der Waals surface area (Å²) in [5, 5.41) is 12.0. The van der Waals surface area contributed by atoms with Gasteiger partial charge in [0.05, 0.1) is 17.6 Å². The maximum atomic E-state index is 4.33. The van der Waals surface area contributed by atoms with Crippen LogP contribution in [0.3, 0.4) is 0 Å². The summed E-state index contributed by atoms with van der Waals surface area (Å²) in [6.45, 7) is 3.84. The van der Waals surface area contributed by atoms with Crippen molar-refractivity contribution in [1.29, 1.82) is 0 Å². The Morgan fingerprint density at radius 3 is 2.86 bits per heavy atom. The molecule has 108 valence electrons. The molecule has 0 aliphatic carbocycles. The van der Waals surface area contributed by atoms with Gasteiger partial charge in [0.2, 0.25) is 0 Å². The van der Waals surface area contributed by atoms with Crippen molar-refractivity contribution in [3.8, 4) is 5.69 Å². The Labute approximate surface area is 124 Å². The summed E-state index contributed by atoms with van der Waals surface area (Å²) in [5.74, 6) is 0. The van der Waals surface area contributed by atoms with Crippen LogP contribution in [0.5, 0.6) is 0 Å². The number of hydrogen-bond acceptors (Lipinski definition) is 3. The van der Waals surface area contributed by atoms with E-state index in [1.54, 1.807) is 6.20 Å². The molecule has 0 atom stereocenters. The van der Waals surface area contributed by atoms with Crippen molar-refractivity contribution in [3.05, 3.63) is 60.7 Å². The molecule has 5 heteroatoms. The number of aromatic nitrogens is 4. The molecular weight excluding hydrogens is 262 g/mol. The highest BCUT2D eigenvalue weighted by molar-refractivity contribution is 5.45. The molecule has 2 heterocycles. The van der Waals surface area contributed by atoms with Gasteiger partial charge in [0.15, 0.2) is 0 Å². The van der Waals surface area contributed by atoms with E-state index < -0.39 is 0 Å². The summed E-state index contributed by atoms with van der Waals surface area (Å²) in [7, 11) is 0. The van der Waals surface area contributed by atoms with E-state index in [0.29, 0.717) is 0 Å². The van der Waals surface area contributed by atoms with Gasteiger partial charge >= 0.3 is 0 Å². The minimum Gasteiger partial charge on any atom is -0.378 e. The van der Waals surface area contributed by atoms with E-state index in [2.05, 4.69) is 34.6 Å². The van der Waals surface area contributed by atoms with E-state index in [0.717, 1.165) is 30.9 Å². The SMILES string of the molecule is CCCn1cc(NCc2ccccc2-n2cccn2)cn1. The van der Waals surface area contributed by atoms with Crippen LogP contribution in [0.2, 0.25) is 0 Å². The van der Waals surface area contributed by atoms with Gasteiger partial charge in [-0.25, -0.2) is 4.68 Å². The smallest absolute Gasteiger partial charge is 0.0729 e. The lowest BCUT2D eigenvalue weighted by Crippen LogP contribution is -2.05. The van der Waals surface area contributed by atoms with Gasteiger partial charge in [-0.3, -0.25) is 4.68 Å². The lowest BCUT2D eigenvalue weighted by molar-refractivity contribution is 0.603. The second kappa shape index (κ2) is 6.26. The summed E-state index contributed by atoms with van der Waals surface area (Å²) < 4.78 is 3.85. The summed E-state index contributed by atoms with van der Waals surface area (Å²) in [4.78, 5) is 0. The van der Waals surface area contributed by atoms with Crippen molar-refractivity contribution in [2.75, 3.05) is 5.32 Å². The predicted octanol–water partition coefficient (Wildman–Crippen LogP) is 3.09. The van der Waals surface area contributed by atoms with Crippen molar-refractivity contribution < 1.29 is 0 Å². The number of hydrogen-bond donors (Lipinski definition) is 1. The highest BCUT2D eigenvalue weighted by Crippen LogP contribution is 2.15. The van der Waals surface area contributed by atoms with Crippen LogP contribution in [0.4, 0.5) is 5.69 Å². The van der Waals surface area contributed by atoms with Crippen LogP contribution in [-0.4, -0.2) is 19.6 Å². The van der Waals surface area contributed by atoms with Crippen LogP contribution in [0.1, 0.15) is 18.9 Å². The van der Waals surface area contributed by atoms with Gasteiger partial charge in [-0.15, -0.1) is 0 Å². The maximum absolute atomic E-state index is 4.33. The molecule has 0 unspecified atom stereocenters. The van der Waals surface area contributed by atoms with Crippen LogP contribution in [-0.2, 0) is 13.1 Å². The Balaban J connectivity index is 1.73. The molecule has 3 aromatic rings. The largest absolute Gasteiger partial charge is 0.378 e. The standard InChI is InChI=1S/C16H19N5/c1-2-9-20-13-15(12-19-20)17-11-14-6-3-4-7-16(14)21-10-5-8-18-21/h3-8,10,12-13,17H,2,9,11H2,1H3. The quantitative estimate of drug-likeness (QED) is 0.755. The average molecular weight is 281 g/mol. The molecule has 0 saturated heterocycles. The Morgan fingerprint density at radius 1 is 1.14 bits per heavy atom. The summed E-state index contributed by atoms with van der Waals surface area (Å²) in [6.07, 6.45) is 8.74. The number of benzene rings is 1. The zero-order chi connectivity index (χ0) is 14.5. The van der Waals surface area contributed by atoms with Crippen molar-refractivity contribution in [2.45, 2.75) is 26.4 Å². The third-order valence-corrected chi connectivity index (χ3v) is 3.31. The molecule has 0 aliphatic rings. The molecule has 3 rings (SSSR count). The number of anilines is 1. The van der Waals surface area contributed by atoms with Crippen LogP contribution in [0.25, 0.3) is 5.69 Å². The van der Waals surface area contributed by atoms with Crippen molar-refractivity contribution >= 4 is 5.69 Å². The van der Waals surface area contributed by atoms with Gasteiger partial charge in [-0.05, 0) is 24.1 Å². The Bertz CT molecular complexity index is 684. The molecule has 0 spiro atoms. The van der Waals surface area contributed by atoms with E-state index in [-0.39, 0.29) is 0 Å². The van der Waals surface area contributed by atoms with Crippen molar-refractivity contribution in [3.63, 3.8) is 0 Å². The highest BCUT2D eigenvalue weighted by Gasteiger charge is 2.04. The zero-order valence-electron chi connectivity index (χ0n) is 12.1. The predicted molar refractivity (Wildman–Crippen MR) is 83.4 cm³/mol. The van der Waals surface area contributed by atoms with Gasteiger partial charge in [-0.2, -0.15) is 10.2 Å². The Kier molecular flexibility index (Phi) is 4.00. The first kappa shape index (κ1) is 13.4. The van der Waals surface area contributed by atoms with E-state index >= 15 is 0 Å². The van der Waals surface area contributed by atoms with Gasteiger partial charge in [0.25, 0.3) is 0 Å². The van der Waals surface area contributed by atoms with Crippen molar-refractivity contribution in [2.24, 2.45) is 0 Å². The van der Waals surface area contributed by atoms with Gasteiger partial charge in [0, 0.05) is 31.7 Å². The van der Waals surface area contributed by atoms with E-state index in [1.807, 2.05) is 46.2 Å². The topological polar surface area (TPSA) is 47.7 Å². The molecule has 2 aromatic heterocycles. The summed E-state index contributed by atoms with van der Waals surface area (Å²) in [5.41, 5.74) is 3.33. The minimum atomic E-state index is 0.744. The number of nitrogens with one attached hydrogen (secondary N) is 1. The molecular formula is C16H19N5. The Hall–Kier alpha value is -2.56. The molecule has 0 aliphatic heterocycles. The third kappa shape index (κ3) is 3.13. The fourth-order valence-corrected chi connectivity index (χ4v) is 2.30. The number of rotatable bonds is 6. The molecule has 1 N–H and O–H groups in total. The minimum absolute atomic E-state index is 0.744. The molecule has 0 bridgehead atoms. The first-order valence-electron chi connectivity index (χ1n) is 7.21. The first-order valence-corrected chi connectivity index (χ1v) is 7.21. The number of aryl methyl sites for hydroxylation is 1. The molecule has 1 aromatic carbocycles. The molecule has 21 heavy (non-hydrogen) atoms. The van der Waals surface area contributed by atoms with Crippen LogP contribution >= 0.6 is 0 Å². The van der Waals surface area contributed by atoms with E-state index in [9.17, 15) is 0 Å². The highest BCUT2D eigenvalue weighted by atomic mass is 15.3. The lowest BCUT2D eigenvalue weighted by Gasteiger charge is -2.10. The molecule has 5 nitrogen and oxygen atoms in total. The van der Waals surface area contributed by atoms with Gasteiger partial charge in [-0.1, -0.05) is 25.1 Å². The zero-order valence-corrected chi connectivity index (χ0v) is 12.1. The molecule has 0 radical (unpaired) electrons. The monoisotopic (exact) mass is 281 g/mol. The molecule has 0 saturated carbocycles. The van der Waals surface area contributed by atoms with E-state index in [1.165, 1.54) is 5.56 Å². The van der Waals surface area contributed by atoms with Crippen LogP contribution in [0.15, 0.2) is 55.1 Å². The molecule has 0 amide bonds. The third-order valence-electron chi connectivity index (χ3n) is 3.31. The summed E-state index contributed by atoms with van der Waals surface area (Å²) in [6, 6.07) is 10.2.